The van der Waals surface area contributed by atoms with Crippen LogP contribution in [0.2, 0.25) is 5.02 Å². The molecule has 4 heteroatoms. The number of hydrogen-bond donors (Lipinski definition) is 0. The highest BCUT2D eigenvalue weighted by atomic mass is 35.5. The van der Waals surface area contributed by atoms with Crippen LogP contribution in [0.1, 0.15) is 0 Å². The molecule has 3 aromatic rings. The Balaban J connectivity index is 2.26. The van der Waals surface area contributed by atoms with Crippen LogP contribution in [0, 0.1) is 0 Å². The van der Waals surface area contributed by atoms with E-state index < -0.39 is 11.2 Å². The van der Waals surface area contributed by atoms with Crippen LogP contribution >= 0.6 is 11.6 Å². The second-order valence-corrected chi connectivity index (χ2v) is 6.29. The lowest BCUT2D eigenvalue weighted by molar-refractivity contribution is 0.601. The first-order chi connectivity index (χ1) is 9.65. The third-order valence-electron chi connectivity index (χ3n) is 3.17. The van der Waals surface area contributed by atoms with Gasteiger partial charge in [0.2, 0.25) is 0 Å². The monoisotopic (exact) mass is 301 g/mol. The van der Waals surface area contributed by atoms with E-state index >= 15 is 0 Å². The van der Waals surface area contributed by atoms with E-state index in [1.165, 1.54) is 0 Å². The topological polar surface area (TPSA) is 36.0 Å². The summed E-state index contributed by atoms with van der Waals surface area (Å²) in [6, 6.07) is 15.4. The minimum atomic E-state index is -1.08. The minimum Gasteiger partial charge on any atom is -0.612 e. The summed E-state index contributed by atoms with van der Waals surface area (Å²) in [6.45, 7) is 0. The molecule has 0 spiro atoms. The maximum Gasteiger partial charge on any atom is 0.162 e. The average Bonchev–Trinajstić information content (AvgIpc) is 2.46. The highest BCUT2D eigenvalue weighted by molar-refractivity contribution is 7.90. The van der Waals surface area contributed by atoms with Gasteiger partial charge >= 0.3 is 0 Å². The Morgan fingerprint density at radius 1 is 1.10 bits per heavy atom. The van der Waals surface area contributed by atoms with Gasteiger partial charge in [-0.3, -0.25) is 4.98 Å². The van der Waals surface area contributed by atoms with Crippen molar-refractivity contribution >= 4 is 33.7 Å². The average molecular weight is 302 g/mol. The largest absolute Gasteiger partial charge is 0.612 e. The fraction of sp³-hybridized carbons (Fsp3) is 0.0625. The van der Waals surface area contributed by atoms with Crippen molar-refractivity contribution in [3.05, 3.63) is 59.8 Å². The van der Waals surface area contributed by atoms with Gasteiger partial charge in [-0.05, 0) is 41.0 Å². The molecule has 0 radical (unpaired) electrons. The molecular weight excluding hydrogens is 290 g/mol. The van der Waals surface area contributed by atoms with Crippen LogP contribution in [0.3, 0.4) is 0 Å². The molecule has 100 valence electrons. The van der Waals surface area contributed by atoms with E-state index in [1.807, 2.05) is 48.5 Å². The molecule has 0 aliphatic carbocycles. The Morgan fingerprint density at radius 2 is 1.85 bits per heavy atom. The summed E-state index contributed by atoms with van der Waals surface area (Å²) in [5.41, 5.74) is 2.82. The molecule has 1 aromatic heterocycles. The van der Waals surface area contributed by atoms with Crippen molar-refractivity contribution < 1.29 is 4.55 Å². The zero-order valence-corrected chi connectivity index (χ0v) is 12.4. The molecular formula is C16H12ClNOS. The Bertz CT molecular complexity index is 756. The fourth-order valence-electron chi connectivity index (χ4n) is 2.19. The zero-order valence-electron chi connectivity index (χ0n) is 10.8. The van der Waals surface area contributed by atoms with E-state index in [0.29, 0.717) is 5.02 Å². The molecule has 0 bridgehead atoms. The van der Waals surface area contributed by atoms with E-state index in [9.17, 15) is 4.55 Å². The van der Waals surface area contributed by atoms with Crippen LogP contribution in [0.15, 0.2) is 59.6 Å². The maximum absolute atomic E-state index is 12.0. The predicted molar refractivity (Wildman–Crippen MR) is 84.5 cm³/mol. The third kappa shape index (κ3) is 2.52. The molecule has 3 rings (SSSR count). The predicted octanol–water partition coefficient (Wildman–Crippen LogP) is 4.29. The Morgan fingerprint density at radius 3 is 2.55 bits per heavy atom. The second-order valence-electron chi connectivity index (χ2n) is 4.51. The van der Waals surface area contributed by atoms with Crippen LogP contribution in [-0.2, 0) is 11.2 Å². The van der Waals surface area contributed by atoms with Crippen LogP contribution in [0.5, 0.6) is 0 Å². The number of aromatic nitrogens is 1. The highest BCUT2D eigenvalue weighted by Crippen LogP contribution is 2.31. The number of fused-ring (bicyclic) bond motifs is 1. The summed E-state index contributed by atoms with van der Waals surface area (Å²) >= 11 is 4.85. The van der Waals surface area contributed by atoms with Gasteiger partial charge in [-0.15, -0.1) is 0 Å². The van der Waals surface area contributed by atoms with Crippen LogP contribution in [-0.4, -0.2) is 15.8 Å². The van der Waals surface area contributed by atoms with Gasteiger partial charge in [-0.1, -0.05) is 29.8 Å². The lowest BCUT2D eigenvalue weighted by Gasteiger charge is -2.12. The number of halogens is 1. The maximum atomic E-state index is 12.0. The Hall–Kier alpha value is -1.55. The number of nitrogens with zero attached hydrogens (tertiary/aromatic N) is 1. The van der Waals surface area contributed by atoms with E-state index in [1.54, 1.807) is 12.5 Å². The second kappa shape index (κ2) is 5.44. The Labute approximate surface area is 125 Å². The Kier molecular flexibility index (Phi) is 3.66. The highest BCUT2D eigenvalue weighted by Gasteiger charge is 2.15. The molecule has 2 aromatic carbocycles. The lowest BCUT2D eigenvalue weighted by Crippen LogP contribution is -2.00. The zero-order chi connectivity index (χ0) is 14.1. The van der Waals surface area contributed by atoms with Crippen molar-refractivity contribution in [3.8, 4) is 11.1 Å². The first-order valence-corrected chi connectivity index (χ1v) is 8.07. The SMILES string of the molecule is C[S+]([O-])c1cc2ncccc2cc1-c1ccc(Cl)cc1. The minimum absolute atomic E-state index is 0.690. The molecule has 0 fully saturated rings. The van der Waals surface area contributed by atoms with Crippen molar-refractivity contribution in [2.24, 2.45) is 0 Å². The van der Waals surface area contributed by atoms with Gasteiger partial charge in [0.25, 0.3) is 0 Å². The molecule has 0 aliphatic rings. The van der Waals surface area contributed by atoms with Gasteiger partial charge in [0.15, 0.2) is 4.90 Å². The van der Waals surface area contributed by atoms with Crippen molar-refractivity contribution in [3.63, 3.8) is 0 Å². The lowest BCUT2D eigenvalue weighted by atomic mass is 10.0. The van der Waals surface area contributed by atoms with Crippen LogP contribution < -0.4 is 0 Å². The molecule has 0 amide bonds. The smallest absolute Gasteiger partial charge is 0.162 e. The molecule has 0 aliphatic heterocycles. The number of pyridine rings is 1. The molecule has 20 heavy (non-hydrogen) atoms. The van der Waals surface area contributed by atoms with Crippen molar-refractivity contribution in [2.45, 2.75) is 4.90 Å². The number of benzene rings is 2. The molecule has 1 atom stereocenters. The van der Waals surface area contributed by atoms with E-state index in [0.717, 1.165) is 26.9 Å². The standard InChI is InChI=1S/C16H12ClNOS/c1-20(19)16-10-15-12(3-2-8-18-15)9-14(16)11-4-6-13(17)7-5-11/h2-10H,1H3. The summed E-state index contributed by atoms with van der Waals surface area (Å²) in [6.07, 6.45) is 3.43. The summed E-state index contributed by atoms with van der Waals surface area (Å²) < 4.78 is 12.0. The van der Waals surface area contributed by atoms with Gasteiger partial charge in [-0.25, -0.2) is 0 Å². The van der Waals surface area contributed by atoms with E-state index in [2.05, 4.69) is 4.98 Å². The quantitative estimate of drug-likeness (QED) is 0.662. The van der Waals surface area contributed by atoms with Crippen molar-refractivity contribution in [2.75, 3.05) is 6.26 Å². The van der Waals surface area contributed by atoms with Gasteiger partial charge in [0, 0.05) is 28.2 Å². The third-order valence-corrected chi connectivity index (χ3v) is 4.38. The molecule has 0 saturated carbocycles. The van der Waals surface area contributed by atoms with Gasteiger partial charge in [0.1, 0.15) is 6.26 Å². The van der Waals surface area contributed by atoms with Gasteiger partial charge in [0.05, 0.1) is 5.52 Å². The molecule has 0 saturated heterocycles. The summed E-state index contributed by atoms with van der Waals surface area (Å²) in [4.78, 5) is 5.11. The number of hydrogen-bond acceptors (Lipinski definition) is 2. The van der Waals surface area contributed by atoms with Gasteiger partial charge in [-0.2, -0.15) is 0 Å². The van der Waals surface area contributed by atoms with E-state index in [4.69, 9.17) is 11.6 Å². The summed E-state index contributed by atoms with van der Waals surface area (Å²) in [5, 5.41) is 1.72. The fourth-order valence-corrected chi connectivity index (χ4v) is 3.08. The molecule has 0 N–H and O–H groups in total. The summed E-state index contributed by atoms with van der Waals surface area (Å²) in [5.74, 6) is 0. The molecule has 1 unspecified atom stereocenters. The normalized spacial score (nSPS) is 12.6. The summed E-state index contributed by atoms with van der Waals surface area (Å²) in [7, 11) is 0. The van der Waals surface area contributed by atoms with Gasteiger partial charge < -0.3 is 4.55 Å². The van der Waals surface area contributed by atoms with Crippen LogP contribution in [0.4, 0.5) is 0 Å². The first kappa shape index (κ1) is 13.4. The first-order valence-electron chi connectivity index (χ1n) is 6.13. The molecule has 1 heterocycles. The van der Waals surface area contributed by atoms with E-state index in [-0.39, 0.29) is 0 Å². The van der Waals surface area contributed by atoms with Crippen molar-refractivity contribution in [1.29, 1.82) is 0 Å². The van der Waals surface area contributed by atoms with Crippen molar-refractivity contribution in [1.82, 2.24) is 4.98 Å². The van der Waals surface area contributed by atoms with Crippen LogP contribution in [0.25, 0.3) is 22.0 Å². The molecule has 2 nitrogen and oxygen atoms in total. The number of rotatable bonds is 2.